The van der Waals surface area contributed by atoms with E-state index in [4.69, 9.17) is 11.6 Å². The van der Waals surface area contributed by atoms with Crippen molar-refractivity contribution in [2.75, 3.05) is 5.75 Å². The normalized spacial score (nSPS) is 13.9. The van der Waals surface area contributed by atoms with Crippen molar-refractivity contribution in [3.8, 4) is 0 Å². The highest BCUT2D eigenvalue weighted by Gasteiger charge is 2.19. The van der Waals surface area contributed by atoms with E-state index in [2.05, 4.69) is 25.3 Å². The lowest BCUT2D eigenvalue weighted by Crippen LogP contribution is -2.10. The van der Waals surface area contributed by atoms with Gasteiger partial charge in [-0.1, -0.05) is 35.5 Å². The predicted octanol–water partition coefficient (Wildman–Crippen LogP) is 2.48. The average molecular weight is 347 g/mol. The number of carbonyl (C=O) groups is 1. The molecule has 116 valence electrons. The van der Waals surface area contributed by atoms with E-state index in [9.17, 15) is 4.79 Å². The number of Topliss-reactive ketones (excluding diaryl/α,β-unsaturated/α-hetero) is 1. The van der Waals surface area contributed by atoms with Gasteiger partial charge in [-0.05, 0) is 12.1 Å². The Hall–Kier alpha value is -2.19. The Labute approximate surface area is 140 Å². The number of benzene rings is 1. The van der Waals surface area contributed by atoms with Crippen molar-refractivity contribution in [2.24, 2.45) is 5.10 Å². The van der Waals surface area contributed by atoms with Crippen molar-refractivity contribution >= 4 is 45.4 Å². The lowest BCUT2D eigenvalue weighted by molar-refractivity contribution is 0.0973. The number of fused-ring (bicyclic) bond motifs is 2. The van der Waals surface area contributed by atoms with Gasteiger partial charge in [-0.15, -0.1) is 10.2 Å². The first-order valence-electron chi connectivity index (χ1n) is 6.99. The average Bonchev–Trinajstić information content (AvgIpc) is 3.16. The molecule has 1 aliphatic heterocycles. The maximum absolute atomic E-state index is 12.3. The zero-order valence-corrected chi connectivity index (χ0v) is 13.4. The van der Waals surface area contributed by atoms with Crippen molar-refractivity contribution in [1.82, 2.24) is 24.8 Å². The van der Waals surface area contributed by atoms with Crippen LogP contribution < -0.4 is 0 Å². The van der Waals surface area contributed by atoms with E-state index >= 15 is 0 Å². The van der Waals surface area contributed by atoms with Gasteiger partial charge >= 0.3 is 0 Å². The maximum atomic E-state index is 12.3. The lowest BCUT2D eigenvalue weighted by atomic mass is 10.2. The molecule has 0 spiro atoms. The third-order valence-electron chi connectivity index (χ3n) is 3.43. The van der Waals surface area contributed by atoms with Gasteiger partial charge in [0.25, 0.3) is 0 Å². The molecule has 3 aromatic rings. The molecule has 1 aliphatic rings. The molecule has 0 radical (unpaired) electrons. The van der Waals surface area contributed by atoms with E-state index in [1.54, 1.807) is 4.68 Å². The number of ketones is 1. The van der Waals surface area contributed by atoms with Crippen LogP contribution in [0.3, 0.4) is 0 Å². The molecule has 4 rings (SSSR count). The number of nitrogens with one attached hydrogen (secondary N) is 1. The molecule has 7 nitrogen and oxygen atoms in total. The summed E-state index contributed by atoms with van der Waals surface area (Å²) in [5.74, 6) is 1.50. The number of rotatable bonds is 4. The molecule has 0 saturated heterocycles. The van der Waals surface area contributed by atoms with Crippen LogP contribution in [0.1, 0.15) is 22.9 Å². The van der Waals surface area contributed by atoms with Crippen molar-refractivity contribution in [3.05, 3.63) is 35.9 Å². The van der Waals surface area contributed by atoms with Crippen LogP contribution in [0, 0.1) is 0 Å². The minimum atomic E-state index is -0.0721. The monoisotopic (exact) mass is 346 g/mol. The Bertz CT molecular complexity index is 897. The first-order chi connectivity index (χ1) is 11.2. The second-order valence-electron chi connectivity index (χ2n) is 5.00. The van der Waals surface area contributed by atoms with Crippen molar-refractivity contribution in [1.29, 1.82) is 0 Å². The first kappa shape index (κ1) is 14.4. The van der Waals surface area contributed by atoms with Gasteiger partial charge in [-0.25, -0.2) is 4.98 Å². The Morgan fingerprint density at radius 2 is 2.22 bits per heavy atom. The molecule has 3 heterocycles. The number of aromatic nitrogens is 5. The van der Waals surface area contributed by atoms with E-state index in [0.717, 1.165) is 11.0 Å². The summed E-state index contributed by atoms with van der Waals surface area (Å²) < 4.78 is 1.60. The van der Waals surface area contributed by atoms with Crippen LogP contribution >= 0.6 is 23.4 Å². The van der Waals surface area contributed by atoms with Crippen LogP contribution in [0.2, 0.25) is 0 Å². The first-order valence-corrected chi connectivity index (χ1v) is 8.35. The number of carbonyl (C=O) groups excluding carboxylic acids is 1. The SMILES string of the molecule is O=C(CCc1nnc2n1N=C(Cl)CS2)c1nc2ccccc2[nH]1. The number of H-pyrrole nitrogens is 1. The van der Waals surface area contributed by atoms with Gasteiger partial charge in [-0.3, -0.25) is 4.79 Å². The number of halogens is 1. The fraction of sp³-hybridized carbons (Fsp3) is 0.214. The minimum absolute atomic E-state index is 0.0721. The quantitative estimate of drug-likeness (QED) is 0.733. The van der Waals surface area contributed by atoms with Crippen LogP contribution in [0.4, 0.5) is 0 Å². The highest BCUT2D eigenvalue weighted by Crippen LogP contribution is 2.23. The minimum Gasteiger partial charge on any atom is -0.335 e. The molecule has 0 atom stereocenters. The number of imidazole rings is 1. The topological polar surface area (TPSA) is 88.8 Å². The third kappa shape index (κ3) is 2.75. The Morgan fingerprint density at radius 3 is 3.09 bits per heavy atom. The second-order valence-corrected chi connectivity index (χ2v) is 6.38. The molecular formula is C14H11ClN6OS. The third-order valence-corrected chi connectivity index (χ3v) is 4.73. The molecule has 2 aromatic heterocycles. The molecule has 1 N–H and O–H groups in total. The predicted molar refractivity (Wildman–Crippen MR) is 88.2 cm³/mol. The van der Waals surface area contributed by atoms with E-state index < -0.39 is 0 Å². The summed E-state index contributed by atoms with van der Waals surface area (Å²) in [5.41, 5.74) is 1.63. The standard InChI is InChI=1S/C14H11ClN6OS/c15-11-7-23-14-19-18-12(21(14)20-11)6-5-10(22)13-16-8-3-1-2-4-9(8)17-13/h1-4H,5-7H2,(H,16,17). The van der Waals surface area contributed by atoms with Crippen molar-refractivity contribution in [2.45, 2.75) is 18.0 Å². The van der Waals surface area contributed by atoms with Crippen LogP contribution in [-0.4, -0.2) is 41.5 Å². The molecule has 0 unspecified atom stereocenters. The van der Waals surface area contributed by atoms with Gasteiger partial charge in [-0.2, -0.15) is 9.78 Å². The van der Waals surface area contributed by atoms with E-state index in [1.165, 1.54) is 11.8 Å². The van der Waals surface area contributed by atoms with Crippen LogP contribution in [0.5, 0.6) is 0 Å². The number of hydrogen-bond donors (Lipinski definition) is 1. The lowest BCUT2D eigenvalue weighted by Gasteiger charge is -2.08. The molecular weight excluding hydrogens is 336 g/mol. The van der Waals surface area contributed by atoms with Gasteiger partial charge in [0.15, 0.2) is 17.4 Å². The number of thioether (sulfide) groups is 1. The van der Waals surface area contributed by atoms with E-state index in [-0.39, 0.29) is 12.2 Å². The Morgan fingerprint density at radius 1 is 1.35 bits per heavy atom. The molecule has 0 aliphatic carbocycles. The molecule has 0 bridgehead atoms. The summed E-state index contributed by atoms with van der Waals surface area (Å²) in [6.07, 6.45) is 0.701. The zero-order valence-electron chi connectivity index (χ0n) is 11.9. The maximum Gasteiger partial charge on any atom is 0.212 e. The smallest absolute Gasteiger partial charge is 0.212 e. The van der Waals surface area contributed by atoms with E-state index in [1.807, 2.05) is 24.3 Å². The summed E-state index contributed by atoms with van der Waals surface area (Å²) in [5, 5.41) is 13.5. The van der Waals surface area contributed by atoms with Crippen molar-refractivity contribution in [3.63, 3.8) is 0 Å². The molecule has 1 aromatic carbocycles. The van der Waals surface area contributed by atoms with Crippen LogP contribution in [0.25, 0.3) is 11.0 Å². The molecule has 0 saturated carbocycles. The summed E-state index contributed by atoms with van der Waals surface area (Å²) in [7, 11) is 0. The second kappa shape index (κ2) is 5.78. The molecule has 0 fully saturated rings. The number of aryl methyl sites for hydroxylation is 1. The molecule has 23 heavy (non-hydrogen) atoms. The zero-order chi connectivity index (χ0) is 15.8. The summed E-state index contributed by atoms with van der Waals surface area (Å²) in [4.78, 5) is 19.7. The number of hydrogen-bond acceptors (Lipinski definition) is 6. The molecule has 9 heteroatoms. The number of nitrogens with zero attached hydrogens (tertiary/aromatic N) is 5. The fourth-order valence-electron chi connectivity index (χ4n) is 2.33. The summed E-state index contributed by atoms with van der Waals surface area (Å²) in [6.45, 7) is 0. The fourth-order valence-corrected chi connectivity index (χ4v) is 3.24. The summed E-state index contributed by atoms with van der Waals surface area (Å²) >= 11 is 7.42. The number of aromatic amines is 1. The van der Waals surface area contributed by atoms with Crippen LogP contribution in [-0.2, 0) is 6.42 Å². The van der Waals surface area contributed by atoms with Gasteiger partial charge in [0.05, 0.1) is 16.8 Å². The Balaban J connectivity index is 1.51. The van der Waals surface area contributed by atoms with Gasteiger partial charge in [0.1, 0.15) is 5.17 Å². The van der Waals surface area contributed by atoms with Crippen molar-refractivity contribution < 1.29 is 4.79 Å². The highest BCUT2D eigenvalue weighted by atomic mass is 35.5. The van der Waals surface area contributed by atoms with Gasteiger partial charge in [0, 0.05) is 12.8 Å². The molecule has 0 amide bonds. The van der Waals surface area contributed by atoms with E-state index in [0.29, 0.717) is 34.1 Å². The summed E-state index contributed by atoms with van der Waals surface area (Å²) in [6, 6.07) is 7.55. The van der Waals surface area contributed by atoms with Gasteiger partial charge < -0.3 is 4.98 Å². The Kier molecular flexibility index (Phi) is 3.62. The number of para-hydroxylation sites is 2. The van der Waals surface area contributed by atoms with Gasteiger partial charge in [0.2, 0.25) is 5.16 Å². The highest BCUT2D eigenvalue weighted by molar-refractivity contribution is 8.00. The van der Waals surface area contributed by atoms with Crippen LogP contribution in [0.15, 0.2) is 34.5 Å². The largest absolute Gasteiger partial charge is 0.335 e.